The van der Waals surface area contributed by atoms with E-state index in [1.807, 2.05) is 11.4 Å². The maximum Gasteiger partial charge on any atom is 0.153 e. The Labute approximate surface area is 66.6 Å². The zero-order valence-corrected chi connectivity index (χ0v) is 6.34. The lowest BCUT2D eigenvalue weighted by molar-refractivity contribution is 0.393. The van der Waals surface area contributed by atoms with Crippen LogP contribution in [0.25, 0.3) is 10.6 Å². The molecule has 2 aromatic rings. The SMILES string of the molecule is Nc1ccsc1-c1conn1. The molecule has 0 radical (unpaired) electrons. The first-order valence-electron chi connectivity index (χ1n) is 2.98. The highest BCUT2D eigenvalue weighted by Crippen LogP contribution is 2.29. The van der Waals surface area contributed by atoms with Crippen molar-refractivity contribution in [2.75, 3.05) is 5.73 Å². The summed E-state index contributed by atoms with van der Waals surface area (Å²) in [7, 11) is 0. The predicted molar refractivity (Wildman–Crippen MR) is 42.0 cm³/mol. The van der Waals surface area contributed by atoms with Gasteiger partial charge in [-0.3, -0.25) is 0 Å². The topological polar surface area (TPSA) is 64.9 Å². The van der Waals surface area contributed by atoms with Crippen LogP contribution in [0.1, 0.15) is 0 Å². The predicted octanol–water partition coefficient (Wildman–Crippen LogP) is 1.38. The van der Waals surface area contributed by atoms with Gasteiger partial charge < -0.3 is 10.3 Å². The molecule has 0 unspecified atom stereocenters. The third-order valence-electron chi connectivity index (χ3n) is 1.29. The normalized spacial score (nSPS) is 10.2. The summed E-state index contributed by atoms with van der Waals surface area (Å²) in [4.78, 5) is 0.909. The summed E-state index contributed by atoms with van der Waals surface area (Å²) in [6, 6.07) is 1.83. The Kier molecular flexibility index (Phi) is 1.36. The molecule has 0 aromatic carbocycles. The van der Waals surface area contributed by atoms with Crippen molar-refractivity contribution < 1.29 is 4.52 Å². The van der Waals surface area contributed by atoms with E-state index in [4.69, 9.17) is 5.73 Å². The second kappa shape index (κ2) is 2.35. The first kappa shape index (κ1) is 6.36. The van der Waals surface area contributed by atoms with Gasteiger partial charge in [-0.2, -0.15) is 0 Å². The van der Waals surface area contributed by atoms with Crippen LogP contribution >= 0.6 is 11.3 Å². The van der Waals surface area contributed by atoms with Gasteiger partial charge in [0, 0.05) is 5.27 Å². The second-order valence-corrected chi connectivity index (χ2v) is 2.91. The van der Waals surface area contributed by atoms with Crippen LogP contribution < -0.4 is 5.73 Å². The molecule has 0 aliphatic heterocycles. The zero-order chi connectivity index (χ0) is 7.68. The van der Waals surface area contributed by atoms with Gasteiger partial charge in [0.25, 0.3) is 0 Å². The van der Waals surface area contributed by atoms with Crippen molar-refractivity contribution in [1.82, 2.24) is 10.4 Å². The van der Waals surface area contributed by atoms with E-state index < -0.39 is 0 Å². The number of thiophene rings is 1. The molecule has 0 spiro atoms. The lowest BCUT2D eigenvalue weighted by atomic mass is 10.3. The molecular weight excluding hydrogens is 162 g/mol. The molecular formula is C6H5N3OS. The molecule has 0 fully saturated rings. The molecule has 0 saturated carbocycles. The number of nitrogens with two attached hydrogens (primary N) is 1. The molecule has 0 aliphatic carbocycles. The van der Waals surface area contributed by atoms with E-state index >= 15 is 0 Å². The minimum atomic E-state index is 0.692. The summed E-state index contributed by atoms with van der Waals surface area (Å²) in [5, 5.41) is 8.98. The van der Waals surface area contributed by atoms with Gasteiger partial charge in [-0.05, 0) is 11.4 Å². The highest BCUT2D eigenvalue weighted by Gasteiger charge is 2.06. The second-order valence-electron chi connectivity index (χ2n) is 2.00. The van der Waals surface area contributed by atoms with Gasteiger partial charge in [0.15, 0.2) is 6.26 Å². The number of hydrogen-bond donors (Lipinski definition) is 1. The van der Waals surface area contributed by atoms with Crippen molar-refractivity contribution in [2.45, 2.75) is 0 Å². The number of aromatic nitrogens is 2. The molecule has 0 saturated heterocycles. The van der Waals surface area contributed by atoms with Crippen LogP contribution in [0.2, 0.25) is 0 Å². The standard InChI is InChI=1S/C6H5N3OS/c7-4-1-2-11-6(4)5-3-10-9-8-5/h1-3H,7H2. The monoisotopic (exact) mass is 167 g/mol. The average molecular weight is 167 g/mol. The lowest BCUT2D eigenvalue weighted by Crippen LogP contribution is -1.83. The van der Waals surface area contributed by atoms with Gasteiger partial charge in [0.05, 0.1) is 10.6 Å². The van der Waals surface area contributed by atoms with Crippen molar-refractivity contribution in [3.63, 3.8) is 0 Å². The molecule has 0 amide bonds. The van der Waals surface area contributed by atoms with Crippen LogP contribution in [-0.2, 0) is 0 Å². The van der Waals surface area contributed by atoms with Crippen molar-refractivity contribution in [3.05, 3.63) is 17.7 Å². The van der Waals surface area contributed by atoms with Crippen LogP contribution in [0.15, 0.2) is 22.2 Å². The largest absolute Gasteiger partial charge is 0.397 e. The number of nitrogen functional groups attached to an aromatic ring is 1. The summed E-state index contributed by atoms with van der Waals surface area (Å²) in [5.41, 5.74) is 7.04. The number of hydrogen-bond acceptors (Lipinski definition) is 5. The van der Waals surface area contributed by atoms with Crippen molar-refractivity contribution in [2.24, 2.45) is 0 Å². The Morgan fingerprint density at radius 3 is 3.00 bits per heavy atom. The van der Waals surface area contributed by atoms with E-state index in [9.17, 15) is 0 Å². The summed E-state index contributed by atoms with van der Waals surface area (Å²) in [5.74, 6) is 0. The molecule has 56 valence electrons. The fourth-order valence-electron chi connectivity index (χ4n) is 0.791. The minimum absolute atomic E-state index is 0.692. The summed E-state index contributed by atoms with van der Waals surface area (Å²) >= 11 is 1.52. The molecule has 2 heterocycles. The van der Waals surface area contributed by atoms with Gasteiger partial charge in [0.1, 0.15) is 5.69 Å². The Balaban J connectivity index is 2.53. The summed E-state index contributed by atoms with van der Waals surface area (Å²) < 4.78 is 4.58. The third-order valence-corrected chi connectivity index (χ3v) is 2.24. The quantitative estimate of drug-likeness (QED) is 0.696. The molecule has 2 aromatic heterocycles. The van der Waals surface area contributed by atoms with Gasteiger partial charge >= 0.3 is 0 Å². The highest BCUT2D eigenvalue weighted by atomic mass is 32.1. The van der Waals surface area contributed by atoms with Crippen LogP contribution in [-0.4, -0.2) is 10.4 Å². The fourth-order valence-corrected chi connectivity index (χ4v) is 1.56. The van der Waals surface area contributed by atoms with Crippen LogP contribution in [0.3, 0.4) is 0 Å². The van der Waals surface area contributed by atoms with E-state index in [1.54, 1.807) is 0 Å². The Morgan fingerprint density at radius 2 is 2.45 bits per heavy atom. The summed E-state index contributed by atoms with van der Waals surface area (Å²) in [6.07, 6.45) is 1.47. The fraction of sp³-hybridized carbons (Fsp3) is 0. The molecule has 0 aliphatic rings. The van der Waals surface area contributed by atoms with E-state index in [2.05, 4.69) is 14.9 Å². The zero-order valence-electron chi connectivity index (χ0n) is 5.52. The van der Waals surface area contributed by atoms with E-state index in [-0.39, 0.29) is 0 Å². The lowest BCUT2D eigenvalue weighted by Gasteiger charge is -1.88. The Morgan fingerprint density at radius 1 is 1.55 bits per heavy atom. The van der Waals surface area contributed by atoms with Gasteiger partial charge in [-0.25, -0.2) is 0 Å². The van der Waals surface area contributed by atoms with Gasteiger partial charge in [0.2, 0.25) is 0 Å². The molecule has 2 N–H and O–H groups in total. The average Bonchev–Trinajstić information content (AvgIpc) is 2.55. The highest BCUT2D eigenvalue weighted by molar-refractivity contribution is 7.14. The summed E-state index contributed by atoms with van der Waals surface area (Å²) in [6.45, 7) is 0. The third kappa shape index (κ3) is 0.988. The smallest absolute Gasteiger partial charge is 0.153 e. The molecule has 2 rings (SSSR count). The van der Waals surface area contributed by atoms with Crippen molar-refractivity contribution >= 4 is 17.0 Å². The number of nitrogens with zero attached hydrogens (tertiary/aromatic N) is 2. The Bertz CT molecular complexity index is 340. The maximum absolute atomic E-state index is 5.63. The van der Waals surface area contributed by atoms with Crippen molar-refractivity contribution in [3.8, 4) is 10.6 Å². The van der Waals surface area contributed by atoms with Crippen molar-refractivity contribution in [1.29, 1.82) is 0 Å². The Hall–Kier alpha value is -1.36. The van der Waals surface area contributed by atoms with E-state index in [1.165, 1.54) is 17.6 Å². The maximum atomic E-state index is 5.63. The van der Waals surface area contributed by atoms with Crippen LogP contribution in [0.4, 0.5) is 5.69 Å². The van der Waals surface area contributed by atoms with Gasteiger partial charge in [-0.1, -0.05) is 0 Å². The molecule has 4 nitrogen and oxygen atoms in total. The minimum Gasteiger partial charge on any atom is -0.397 e. The number of anilines is 1. The first-order chi connectivity index (χ1) is 5.38. The molecule has 0 atom stereocenters. The van der Waals surface area contributed by atoms with Crippen LogP contribution in [0.5, 0.6) is 0 Å². The number of rotatable bonds is 1. The van der Waals surface area contributed by atoms with Crippen LogP contribution in [0, 0.1) is 0 Å². The van der Waals surface area contributed by atoms with E-state index in [0.29, 0.717) is 11.4 Å². The first-order valence-corrected chi connectivity index (χ1v) is 3.86. The van der Waals surface area contributed by atoms with Gasteiger partial charge in [-0.15, -0.1) is 16.4 Å². The molecule has 5 heteroatoms. The molecule has 11 heavy (non-hydrogen) atoms. The van der Waals surface area contributed by atoms with E-state index in [0.717, 1.165) is 4.88 Å². The molecule has 0 bridgehead atoms.